The molecule has 0 aromatic heterocycles. The van der Waals surface area contributed by atoms with E-state index in [0.29, 0.717) is 5.92 Å². The molecule has 0 spiro atoms. The Morgan fingerprint density at radius 2 is 2.39 bits per heavy atom. The molecule has 2 aliphatic heterocycles. The van der Waals surface area contributed by atoms with Crippen molar-refractivity contribution in [3.63, 3.8) is 0 Å². The van der Waals surface area contributed by atoms with Crippen molar-refractivity contribution in [1.82, 2.24) is 5.32 Å². The van der Waals surface area contributed by atoms with Gasteiger partial charge in [0, 0.05) is 12.2 Å². The van der Waals surface area contributed by atoms with Gasteiger partial charge in [-0.3, -0.25) is 4.79 Å². The Bertz CT molecular complexity index is 456. The van der Waals surface area contributed by atoms with Gasteiger partial charge >= 0.3 is 0 Å². The van der Waals surface area contributed by atoms with Crippen LogP contribution in [0.4, 0.5) is 11.4 Å². The summed E-state index contributed by atoms with van der Waals surface area (Å²) in [5, 5.41) is 9.56. The highest BCUT2D eigenvalue weighted by Gasteiger charge is 2.17. The van der Waals surface area contributed by atoms with E-state index < -0.39 is 0 Å². The fourth-order valence-electron chi connectivity index (χ4n) is 2.34. The van der Waals surface area contributed by atoms with Crippen molar-refractivity contribution < 1.29 is 9.53 Å². The standard InChI is InChI=1S/C13H17N3O2/c17-13-8-18-12-2-1-10(5-11(12)16-13)15-7-9-3-4-14-6-9/h1-2,5,9,14-15H,3-4,6-8H2,(H,16,17). The Morgan fingerprint density at radius 3 is 3.22 bits per heavy atom. The van der Waals surface area contributed by atoms with Crippen LogP contribution in [0.15, 0.2) is 18.2 Å². The molecule has 1 atom stereocenters. The van der Waals surface area contributed by atoms with E-state index in [1.54, 1.807) is 0 Å². The highest BCUT2D eigenvalue weighted by atomic mass is 16.5. The molecule has 2 aliphatic rings. The Labute approximate surface area is 106 Å². The van der Waals surface area contributed by atoms with Crippen molar-refractivity contribution in [2.24, 2.45) is 5.92 Å². The molecule has 0 saturated carbocycles. The van der Waals surface area contributed by atoms with Crippen LogP contribution < -0.4 is 20.7 Å². The van der Waals surface area contributed by atoms with E-state index in [1.807, 2.05) is 18.2 Å². The Morgan fingerprint density at radius 1 is 1.44 bits per heavy atom. The molecule has 1 aromatic carbocycles. The van der Waals surface area contributed by atoms with Gasteiger partial charge in [-0.05, 0) is 43.6 Å². The maximum absolute atomic E-state index is 11.2. The van der Waals surface area contributed by atoms with Gasteiger partial charge in [-0.15, -0.1) is 0 Å². The summed E-state index contributed by atoms with van der Waals surface area (Å²) in [6.45, 7) is 3.26. The molecule has 0 bridgehead atoms. The van der Waals surface area contributed by atoms with Gasteiger partial charge in [0.2, 0.25) is 0 Å². The molecule has 0 radical (unpaired) electrons. The first-order chi connectivity index (χ1) is 8.81. The molecule has 1 fully saturated rings. The monoisotopic (exact) mass is 247 g/mol. The summed E-state index contributed by atoms with van der Waals surface area (Å²) in [6, 6.07) is 5.80. The van der Waals surface area contributed by atoms with Crippen LogP contribution >= 0.6 is 0 Å². The quantitative estimate of drug-likeness (QED) is 0.747. The zero-order valence-electron chi connectivity index (χ0n) is 10.2. The first-order valence-corrected chi connectivity index (χ1v) is 6.32. The number of hydrogen-bond donors (Lipinski definition) is 3. The molecule has 1 saturated heterocycles. The summed E-state index contributed by atoms with van der Waals surface area (Å²) in [7, 11) is 0. The van der Waals surface area contributed by atoms with Crippen molar-refractivity contribution in [1.29, 1.82) is 0 Å². The van der Waals surface area contributed by atoms with Crippen molar-refractivity contribution in [3.8, 4) is 5.75 Å². The zero-order valence-corrected chi connectivity index (χ0v) is 10.2. The summed E-state index contributed by atoms with van der Waals surface area (Å²) in [4.78, 5) is 11.2. The highest BCUT2D eigenvalue weighted by molar-refractivity contribution is 5.95. The average molecular weight is 247 g/mol. The highest BCUT2D eigenvalue weighted by Crippen LogP contribution is 2.30. The minimum Gasteiger partial charge on any atom is -0.482 e. The summed E-state index contributed by atoms with van der Waals surface area (Å²) in [6.07, 6.45) is 1.22. The van der Waals surface area contributed by atoms with Gasteiger partial charge in [-0.1, -0.05) is 0 Å². The smallest absolute Gasteiger partial charge is 0.262 e. The minimum atomic E-state index is -0.0976. The second-order valence-electron chi connectivity index (χ2n) is 4.79. The predicted molar refractivity (Wildman–Crippen MR) is 70.0 cm³/mol. The number of ether oxygens (including phenoxy) is 1. The fraction of sp³-hybridized carbons (Fsp3) is 0.462. The van der Waals surface area contributed by atoms with Gasteiger partial charge in [-0.25, -0.2) is 0 Å². The van der Waals surface area contributed by atoms with Gasteiger partial charge in [0.05, 0.1) is 5.69 Å². The SMILES string of the molecule is O=C1COc2ccc(NCC3CCNC3)cc2N1. The maximum Gasteiger partial charge on any atom is 0.262 e. The third kappa shape index (κ3) is 2.41. The van der Waals surface area contributed by atoms with E-state index in [0.717, 1.165) is 36.8 Å². The first-order valence-electron chi connectivity index (χ1n) is 6.32. The minimum absolute atomic E-state index is 0.0976. The van der Waals surface area contributed by atoms with E-state index in [-0.39, 0.29) is 12.5 Å². The summed E-state index contributed by atoms with van der Waals surface area (Å²) >= 11 is 0. The molecule has 0 aliphatic carbocycles. The number of nitrogens with one attached hydrogen (secondary N) is 3. The lowest BCUT2D eigenvalue weighted by molar-refractivity contribution is -0.118. The molecule has 96 valence electrons. The van der Waals surface area contributed by atoms with Gasteiger partial charge < -0.3 is 20.7 Å². The average Bonchev–Trinajstić information content (AvgIpc) is 2.89. The van der Waals surface area contributed by atoms with Crippen LogP contribution in [-0.4, -0.2) is 32.1 Å². The maximum atomic E-state index is 11.2. The Balaban J connectivity index is 1.65. The van der Waals surface area contributed by atoms with Crippen molar-refractivity contribution >= 4 is 17.3 Å². The number of carbonyl (C=O) groups excluding carboxylic acids is 1. The number of amides is 1. The Kier molecular flexibility index (Phi) is 3.06. The number of fused-ring (bicyclic) bond motifs is 1. The zero-order chi connectivity index (χ0) is 12.4. The largest absolute Gasteiger partial charge is 0.482 e. The molecular weight excluding hydrogens is 230 g/mol. The third-order valence-electron chi connectivity index (χ3n) is 3.37. The van der Waals surface area contributed by atoms with Crippen molar-refractivity contribution in [2.75, 3.05) is 36.9 Å². The molecule has 1 unspecified atom stereocenters. The van der Waals surface area contributed by atoms with Gasteiger partial charge in [0.25, 0.3) is 5.91 Å². The van der Waals surface area contributed by atoms with Crippen molar-refractivity contribution in [2.45, 2.75) is 6.42 Å². The van der Waals surface area contributed by atoms with Crippen LogP contribution in [0, 0.1) is 5.92 Å². The van der Waals surface area contributed by atoms with E-state index in [1.165, 1.54) is 6.42 Å². The van der Waals surface area contributed by atoms with Crippen LogP contribution in [0.3, 0.4) is 0 Å². The van der Waals surface area contributed by atoms with Gasteiger partial charge in [0.15, 0.2) is 6.61 Å². The van der Waals surface area contributed by atoms with Crippen molar-refractivity contribution in [3.05, 3.63) is 18.2 Å². The number of hydrogen-bond acceptors (Lipinski definition) is 4. The second-order valence-corrected chi connectivity index (χ2v) is 4.79. The molecule has 1 aromatic rings. The van der Waals surface area contributed by atoms with E-state index >= 15 is 0 Å². The lowest BCUT2D eigenvalue weighted by Gasteiger charge is -2.19. The van der Waals surface area contributed by atoms with Crippen LogP contribution in [0.5, 0.6) is 5.75 Å². The molecule has 5 heteroatoms. The lowest BCUT2D eigenvalue weighted by atomic mass is 10.1. The molecule has 1 amide bonds. The number of carbonyl (C=O) groups is 1. The third-order valence-corrected chi connectivity index (χ3v) is 3.37. The second kappa shape index (κ2) is 4.86. The summed E-state index contributed by atoms with van der Waals surface area (Å²) in [5.74, 6) is 1.33. The van der Waals surface area contributed by atoms with Crippen LogP contribution in [0.25, 0.3) is 0 Å². The lowest BCUT2D eigenvalue weighted by Crippen LogP contribution is -2.25. The van der Waals surface area contributed by atoms with E-state index in [4.69, 9.17) is 4.74 Å². The Hall–Kier alpha value is -1.75. The number of benzene rings is 1. The fourth-order valence-corrected chi connectivity index (χ4v) is 2.34. The first kappa shape index (κ1) is 11.3. The molecular formula is C13H17N3O2. The molecule has 3 N–H and O–H groups in total. The van der Waals surface area contributed by atoms with Gasteiger partial charge in [0.1, 0.15) is 5.75 Å². The predicted octanol–water partition coefficient (Wildman–Crippen LogP) is 1.04. The van der Waals surface area contributed by atoms with E-state index in [9.17, 15) is 4.79 Å². The van der Waals surface area contributed by atoms with E-state index in [2.05, 4.69) is 16.0 Å². The number of rotatable bonds is 3. The molecule has 2 heterocycles. The molecule has 18 heavy (non-hydrogen) atoms. The van der Waals surface area contributed by atoms with Crippen LogP contribution in [-0.2, 0) is 4.79 Å². The molecule has 5 nitrogen and oxygen atoms in total. The molecule has 3 rings (SSSR count). The normalized spacial score (nSPS) is 22.0. The topological polar surface area (TPSA) is 62.4 Å². The van der Waals surface area contributed by atoms with Crippen LogP contribution in [0.1, 0.15) is 6.42 Å². The van der Waals surface area contributed by atoms with Gasteiger partial charge in [-0.2, -0.15) is 0 Å². The van der Waals surface area contributed by atoms with Crippen LogP contribution in [0.2, 0.25) is 0 Å². The summed E-state index contributed by atoms with van der Waals surface area (Å²) in [5.41, 5.74) is 1.77. The summed E-state index contributed by atoms with van der Waals surface area (Å²) < 4.78 is 5.32. The number of anilines is 2.